The summed E-state index contributed by atoms with van der Waals surface area (Å²) in [6.45, 7) is 2.07. The highest BCUT2D eigenvalue weighted by atomic mass is 35.5. The van der Waals surface area contributed by atoms with Crippen LogP contribution in [0.1, 0.15) is 5.56 Å². The van der Waals surface area contributed by atoms with Gasteiger partial charge in [-0.2, -0.15) is 0 Å². The first-order valence-electron chi connectivity index (χ1n) is 7.87. The van der Waals surface area contributed by atoms with E-state index < -0.39 is 6.04 Å². The van der Waals surface area contributed by atoms with Gasteiger partial charge in [0.25, 0.3) is 0 Å². The van der Waals surface area contributed by atoms with Crippen LogP contribution in [0.5, 0.6) is 0 Å². The molecule has 1 atom stereocenters. The molecule has 132 valence electrons. The molecule has 0 spiro atoms. The SMILES string of the molecule is Cc1ccc2nc(-c3ccc(NC(=O)C4NSC(N)=C4Cl)cc3)sc2c1. The summed E-state index contributed by atoms with van der Waals surface area (Å²) in [7, 11) is 0. The maximum Gasteiger partial charge on any atom is 0.247 e. The zero-order chi connectivity index (χ0) is 18.3. The first kappa shape index (κ1) is 17.4. The van der Waals surface area contributed by atoms with E-state index in [1.165, 1.54) is 10.3 Å². The standard InChI is InChI=1S/C18H15ClN4OS2/c1-9-2-7-12-13(8-9)25-18(22-12)10-3-5-11(6-4-10)21-17(24)15-14(19)16(20)26-23-15/h2-8,15,23H,20H2,1H3,(H,21,24). The van der Waals surface area contributed by atoms with Crippen LogP contribution in [0, 0.1) is 6.92 Å². The average Bonchev–Trinajstić information content (AvgIpc) is 3.19. The number of aryl methyl sites for hydroxylation is 1. The zero-order valence-corrected chi connectivity index (χ0v) is 16.1. The van der Waals surface area contributed by atoms with Gasteiger partial charge >= 0.3 is 0 Å². The van der Waals surface area contributed by atoms with E-state index in [1.807, 2.05) is 30.3 Å². The number of anilines is 1. The second-order valence-corrected chi connectivity index (χ2v) is 8.24. The van der Waals surface area contributed by atoms with Crippen LogP contribution in [0.15, 0.2) is 52.5 Å². The van der Waals surface area contributed by atoms with Crippen LogP contribution in [0.25, 0.3) is 20.8 Å². The number of carbonyl (C=O) groups is 1. The molecule has 0 bridgehead atoms. The summed E-state index contributed by atoms with van der Waals surface area (Å²) in [5, 5.41) is 4.55. The Labute approximate surface area is 163 Å². The van der Waals surface area contributed by atoms with Crippen LogP contribution in [0.4, 0.5) is 5.69 Å². The lowest BCUT2D eigenvalue weighted by Crippen LogP contribution is -2.34. The number of thiazole rings is 1. The number of nitrogens with two attached hydrogens (primary N) is 1. The smallest absolute Gasteiger partial charge is 0.247 e. The van der Waals surface area contributed by atoms with Crippen molar-refractivity contribution in [1.29, 1.82) is 0 Å². The molecule has 0 saturated carbocycles. The van der Waals surface area contributed by atoms with Crippen molar-refractivity contribution in [2.24, 2.45) is 5.73 Å². The van der Waals surface area contributed by atoms with E-state index in [0.717, 1.165) is 28.0 Å². The molecule has 1 amide bonds. The van der Waals surface area contributed by atoms with Gasteiger partial charge in [0, 0.05) is 11.3 Å². The van der Waals surface area contributed by atoms with Gasteiger partial charge in [-0.1, -0.05) is 17.7 Å². The molecule has 8 heteroatoms. The number of aromatic nitrogens is 1. The monoisotopic (exact) mass is 402 g/mol. The van der Waals surface area contributed by atoms with Crippen molar-refractivity contribution >= 4 is 56.7 Å². The van der Waals surface area contributed by atoms with Gasteiger partial charge in [-0.3, -0.25) is 4.79 Å². The molecule has 1 unspecified atom stereocenters. The number of hydrogen-bond donors (Lipinski definition) is 3. The maximum atomic E-state index is 12.3. The van der Waals surface area contributed by atoms with Gasteiger partial charge in [0.1, 0.15) is 11.0 Å². The molecule has 3 aromatic rings. The number of nitrogens with one attached hydrogen (secondary N) is 2. The van der Waals surface area contributed by atoms with E-state index in [1.54, 1.807) is 11.3 Å². The van der Waals surface area contributed by atoms with E-state index in [9.17, 15) is 4.79 Å². The topological polar surface area (TPSA) is 80.0 Å². The van der Waals surface area contributed by atoms with Crippen molar-refractivity contribution in [2.45, 2.75) is 13.0 Å². The van der Waals surface area contributed by atoms with Crippen molar-refractivity contribution < 1.29 is 4.79 Å². The van der Waals surface area contributed by atoms with E-state index in [4.69, 9.17) is 17.3 Å². The second kappa shape index (κ2) is 6.92. The van der Waals surface area contributed by atoms with Crippen molar-refractivity contribution in [3.63, 3.8) is 0 Å². The molecule has 0 radical (unpaired) electrons. The Morgan fingerprint density at radius 1 is 1.27 bits per heavy atom. The van der Waals surface area contributed by atoms with Gasteiger partial charge in [0.05, 0.1) is 20.3 Å². The van der Waals surface area contributed by atoms with Gasteiger partial charge in [0.2, 0.25) is 5.91 Å². The summed E-state index contributed by atoms with van der Waals surface area (Å²) in [5.74, 6) is -0.244. The Hall–Kier alpha value is -2.06. The lowest BCUT2D eigenvalue weighted by Gasteiger charge is -2.11. The third-order valence-electron chi connectivity index (χ3n) is 3.98. The predicted octanol–water partition coefficient (Wildman–Crippen LogP) is 4.20. The van der Waals surface area contributed by atoms with Gasteiger partial charge in [0.15, 0.2) is 0 Å². The fraction of sp³-hybridized carbons (Fsp3) is 0.111. The zero-order valence-electron chi connectivity index (χ0n) is 13.7. The summed E-state index contributed by atoms with van der Waals surface area (Å²) in [5.41, 5.74) is 9.61. The van der Waals surface area contributed by atoms with Crippen molar-refractivity contribution in [3.8, 4) is 10.6 Å². The van der Waals surface area contributed by atoms with Crippen LogP contribution in [0.2, 0.25) is 0 Å². The Kier molecular flexibility index (Phi) is 4.62. The largest absolute Gasteiger partial charge is 0.391 e. The average molecular weight is 403 g/mol. The van der Waals surface area contributed by atoms with Crippen LogP contribution in [0.3, 0.4) is 0 Å². The minimum Gasteiger partial charge on any atom is -0.391 e. The lowest BCUT2D eigenvalue weighted by molar-refractivity contribution is -0.116. The van der Waals surface area contributed by atoms with E-state index in [2.05, 4.69) is 34.1 Å². The van der Waals surface area contributed by atoms with E-state index >= 15 is 0 Å². The number of benzene rings is 2. The quantitative estimate of drug-likeness (QED) is 0.572. The number of fused-ring (bicyclic) bond motifs is 1. The third-order valence-corrected chi connectivity index (χ3v) is 6.38. The van der Waals surface area contributed by atoms with Crippen molar-refractivity contribution in [1.82, 2.24) is 9.71 Å². The van der Waals surface area contributed by atoms with Gasteiger partial charge in [-0.15, -0.1) is 11.3 Å². The number of amides is 1. The molecule has 4 rings (SSSR count). The Balaban J connectivity index is 1.52. The summed E-state index contributed by atoms with van der Waals surface area (Å²) >= 11 is 8.87. The van der Waals surface area contributed by atoms with Crippen molar-refractivity contribution in [3.05, 3.63) is 58.1 Å². The van der Waals surface area contributed by atoms with E-state index in [0.29, 0.717) is 15.7 Å². The molecular formula is C18H15ClN4OS2. The molecule has 2 aromatic carbocycles. The van der Waals surface area contributed by atoms with Gasteiger partial charge in [-0.25, -0.2) is 9.71 Å². The highest BCUT2D eigenvalue weighted by Crippen LogP contribution is 2.32. The molecule has 0 aliphatic carbocycles. The highest BCUT2D eigenvalue weighted by molar-refractivity contribution is 8.01. The predicted molar refractivity (Wildman–Crippen MR) is 110 cm³/mol. The number of hydrogen-bond acceptors (Lipinski definition) is 6. The van der Waals surface area contributed by atoms with Crippen LogP contribution >= 0.6 is 34.9 Å². The fourth-order valence-corrected chi connectivity index (χ4v) is 4.69. The molecule has 1 aromatic heterocycles. The number of nitrogens with zero attached hydrogens (tertiary/aromatic N) is 1. The summed E-state index contributed by atoms with van der Waals surface area (Å²) in [6.07, 6.45) is 0. The molecule has 4 N–H and O–H groups in total. The maximum absolute atomic E-state index is 12.3. The van der Waals surface area contributed by atoms with Crippen molar-refractivity contribution in [2.75, 3.05) is 5.32 Å². The summed E-state index contributed by atoms with van der Waals surface area (Å²) in [6, 6.07) is 13.2. The number of rotatable bonds is 3. The lowest BCUT2D eigenvalue weighted by atomic mass is 10.2. The summed E-state index contributed by atoms with van der Waals surface area (Å²) in [4.78, 5) is 17.0. The molecule has 0 saturated heterocycles. The molecule has 26 heavy (non-hydrogen) atoms. The molecule has 0 fully saturated rings. The van der Waals surface area contributed by atoms with E-state index in [-0.39, 0.29) is 5.91 Å². The molecule has 1 aliphatic heterocycles. The van der Waals surface area contributed by atoms with Gasteiger partial charge < -0.3 is 11.1 Å². The Morgan fingerprint density at radius 3 is 2.73 bits per heavy atom. The minimum atomic E-state index is -0.631. The minimum absolute atomic E-state index is 0.244. The number of halogens is 1. The second-order valence-electron chi connectivity index (χ2n) is 5.92. The molecule has 1 aliphatic rings. The Bertz CT molecular complexity index is 1030. The molecular weight excluding hydrogens is 388 g/mol. The number of carbonyl (C=O) groups excluding carboxylic acids is 1. The molecule has 2 heterocycles. The van der Waals surface area contributed by atoms with Crippen LogP contribution in [-0.4, -0.2) is 16.9 Å². The molecule has 5 nitrogen and oxygen atoms in total. The normalized spacial score (nSPS) is 17.1. The highest BCUT2D eigenvalue weighted by Gasteiger charge is 2.29. The van der Waals surface area contributed by atoms with Crippen LogP contribution < -0.4 is 15.8 Å². The first-order chi connectivity index (χ1) is 12.5. The van der Waals surface area contributed by atoms with Gasteiger partial charge in [-0.05, 0) is 60.8 Å². The third kappa shape index (κ3) is 3.31. The Morgan fingerprint density at radius 2 is 2.04 bits per heavy atom. The fourth-order valence-electron chi connectivity index (χ4n) is 2.60. The first-order valence-corrected chi connectivity index (χ1v) is 9.88. The van der Waals surface area contributed by atoms with Crippen LogP contribution in [-0.2, 0) is 4.79 Å². The summed E-state index contributed by atoms with van der Waals surface area (Å²) < 4.78 is 4.07.